The maximum atomic E-state index is 12.3. The summed E-state index contributed by atoms with van der Waals surface area (Å²) in [4.78, 5) is 15.4. The van der Waals surface area contributed by atoms with Crippen molar-refractivity contribution in [3.05, 3.63) is 40.9 Å². The number of hydrogen-bond acceptors (Lipinski definition) is 6. The van der Waals surface area contributed by atoms with Gasteiger partial charge in [-0.2, -0.15) is 0 Å². The zero-order chi connectivity index (χ0) is 14.8. The van der Waals surface area contributed by atoms with Crippen molar-refractivity contribution in [2.45, 2.75) is 11.8 Å². The SMILES string of the molecule is COC(=O)c1ccc(C)c(S(=O)(=O)Nc2nccs2)c1. The number of nitrogens with zero attached hydrogens (tertiary/aromatic N) is 1. The number of anilines is 1. The lowest BCUT2D eigenvalue weighted by atomic mass is 10.1. The van der Waals surface area contributed by atoms with E-state index < -0.39 is 16.0 Å². The van der Waals surface area contributed by atoms with E-state index in [1.165, 1.54) is 36.8 Å². The lowest BCUT2D eigenvalue weighted by molar-refractivity contribution is 0.0600. The third-order valence-corrected chi connectivity index (χ3v) is 4.85. The van der Waals surface area contributed by atoms with Gasteiger partial charge in [-0.25, -0.2) is 18.2 Å². The van der Waals surface area contributed by atoms with Crippen molar-refractivity contribution in [1.29, 1.82) is 0 Å². The van der Waals surface area contributed by atoms with Gasteiger partial charge in [0.15, 0.2) is 5.13 Å². The Balaban J connectivity index is 2.42. The van der Waals surface area contributed by atoms with Crippen LogP contribution in [0.4, 0.5) is 5.13 Å². The van der Waals surface area contributed by atoms with Gasteiger partial charge in [0.05, 0.1) is 17.6 Å². The fourth-order valence-electron chi connectivity index (χ4n) is 1.58. The molecule has 1 aromatic heterocycles. The van der Waals surface area contributed by atoms with Gasteiger partial charge in [0.25, 0.3) is 10.0 Å². The number of hydrogen-bond donors (Lipinski definition) is 1. The van der Waals surface area contributed by atoms with E-state index in [0.717, 1.165) is 0 Å². The van der Waals surface area contributed by atoms with Crippen LogP contribution in [-0.4, -0.2) is 26.5 Å². The number of benzene rings is 1. The van der Waals surface area contributed by atoms with Crippen molar-refractivity contribution >= 4 is 32.5 Å². The minimum Gasteiger partial charge on any atom is -0.465 e. The fraction of sp³-hybridized carbons (Fsp3) is 0.167. The summed E-state index contributed by atoms with van der Waals surface area (Å²) in [6, 6.07) is 4.36. The van der Waals surface area contributed by atoms with Crippen molar-refractivity contribution < 1.29 is 17.9 Å². The molecule has 1 heterocycles. The van der Waals surface area contributed by atoms with Gasteiger partial charge in [-0.3, -0.25) is 4.72 Å². The smallest absolute Gasteiger partial charge is 0.337 e. The summed E-state index contributed by atoms with van der Waals surface area (Å²) in [6.45, 7) is 1.65. The molecular formula is C12H12N2O4S2. The van der Waals surface area contributed by atoms with Crippen LogP contribution in [0.15, 0.2) is 34.7 Å². The first-order valence-electron chi connectivity index (χ1n) is 5.55. The molecule has 20 heavy (non-hydrogen) atoms. The Morgan fingerprint density at radius 1 is 1.40 bits per heavy atom. The second kappa shape index (κ2) is 5.59. The number of carbonyl (C=O) groups is 1. The maximum absolute atomic E-state index is 12.3. The lowest BCUT2D eigenvalue weighted by Crippen LogP contribution is -2.15. The number of aromatic nitrogens is 1. The first-order valence-corrected chi connectivity index (χ1v) is 7.91. The van der Waals surface area contributed by atoms with Gasteiger partial charge in [0.1, 0.15) is 0 Å². The molecule has 0 aliphatic rings. The fourth-order valence-corrected chi connectivity index (χ4v) is 3.64. The van der Waals surface area contributed by atoms with Gasteiger partial charge in [-0.1, -0.05) is 6.07 Å². The summed E-state index contributed by atoms with van der Waals surface area (Å²) in [6.07, 6.45) is 1.50. The largest absolute Gasteiger partial charge is 0.465 e. The van der Waals surface area contributed by atoms with E-state index in [1.54, 1.807) is 18.4 Å². The molecule has 0 fully saturated rings. The summed E-state index contributed by atoms with van der Waals surface area (Å²) in [7, 11) is -2.55. The molecule has 1 N–H and O–H groups in total. The predicted octanol–water partition coefficient (Wildman–Crippen LogP) is 2.04. The van der Waals surface area contributed by atoms with E-state index in [4.69, 9.17) is 0 Å². The van der Waals surface area contributed by atoms with Gasteiger partial charge < -0.3 is 4.74 Å². The van der Waals surface area contributed by atoms with Crippen molar-refractivity contribution in [1.82, 2.24) is 4.98 Å². The first kappa shape index (κ1) is 14.5. The minimum atomic E-state index is -3.79. The Hall–Kier alpha value is -1.93. The van der Waals surface area contributed by atoms with E-state index in [0.29, 0.717) is 5.56 Å². The predicted molar refractivity (Wildman–Crippen MR) is 75.4 cm³/mol. The zero-order valence-corrected chi connectivity index (χ0v) is 12.4. The van der Waals surface area contributed by atoms with Crippen molar-refractivity contribution in [2.75, 3.05) is 11.8 Å². The molecule has 0 amide bonds. The molecule has 0 bridgehead atoms. The van der Waals surface area contributed by atoms with E-state index >= 15 is 0 Å². The second-order valence-electron chi connectivity index (χ2n) is 3.91. The molecule has 0 saturated carbocycles. The molecular weight excluding hydrogens is 300 g/mol. The molecule has 8 heteroatoms. The number of ether oxygens (including phenoxy) is 1. The zero-order valence-electron chi connectivity index (χ0n) is 10.8. The number of aryl methyl sites for hydroxylation is 1. The molecule has 0 atom stereocenters. The highest BCUT2D eigenvalue weighted by Crippen LogP contribution is 2.22. The molecule has 0 aliphatic heterocycles. The first-order chi connectivity index (χ1) is 9.44. The summed E-state index contributed by atoms with van der Waals surface area (Å²) in [5, 5.41) is 1.93. The summed E-state index contributed by atoms with van der Waals surface area (Å²) in [5.41, 5.74) is 0.708. The van der Waals surface area contributed by atoms with E-state index in [9.17, 15) is 13.2 Å². The normalized spacial score (nSPS) is 11.1. The van der Waals surface area contributed by atoms with Crippen LogP contribution in [0.25, 0.3) is 0 Å². The maximum Gasteiger partial charge on any atom is 0.337 e. The topological polar surface area (TPSA) is 85.4 Å². The van der Waals surface area contributed by atoms with Gasteiger partial charge in [-0.15, -0.1) is 11.3 Å². The summed E-state index contributed by atoms with van der Waals surface area (Å²) < 4.78 is 31.5. The highest BCUT2D eigenvalue weighted by atomic mass is 32.2. The van der Waals surface area contributed by atoms with Crippen LogP contribution in [0.3, 0.4) is 0 Å². The Labute approximate surface area is 120 Å². The Morgan fingerprint density at radius 3 is 2.75 bits per heavy atom. The van der Waals surface area contributed by atoms with Gasteiger partial charge in [0.2, 0.25) is 0 Å². The average Bonchev–Trinajstić information content (AvgIpc) is 2.90. The molecule has 0 radical (unpaired) electrons. The summed E-state index contributed by atoms with van der Waals surface area (Å²) in [5.74, 6) is -0.587. The van der Waals surface area contributed by atoms with E-state index in [-0.39, 0.29) is 15.6 Å². The van der Waals surface area contributed by atoms with Crippen molar-refractivity contribution in [3.8, 4) is 0 Å². The molecule has 0 spiro atoms. The minimum absolute atomic E-state index is 0.0237. The van der Waals surface area contributed by atoms with Crippen molar-refractivity contribution in [3.63, 3.8) is 0 Å². The summed E-state index contributed by atoms with van der Waals surface area (Å²) >= 11 is 1.17. The number of esters is 1. The Bertz CT molecular complexity index is 724. The highest BCUT2D eigenvalue weighted by molar-refractivity contribution is 7.93. The molecule has 106 valence electrons. The number of sulfonamides is 1. The molecule has 1 aromatic carbocycles. The standard InChI is InChI=1S/C12H12N2O4S2/c1-8-3-4-9(11(15)18-2)7-10(8)20(16,17)14-12-13-5-6-19-12/h3-7H,1-2H3,(H,13,14). The lowest BCUT2D eigenvalue weighted by Gasteiger charge is -2.09. The third-order valence-electron chi connectivity index (χ3n) is 2.55. The Kier molecular flexibility index (Phi) is 4.05. The average molecular weight is 312 g/mol. The van der Waals surface area contributed by atoms with Gasteiger partial charge in [0, 0.05) is 11.6 Å². The third kappa shape index (κ3) is 2.97. The van der Waals surface area contributed by atoms with Crippen LogP contribution >= 0.6 is 11.3 Å². The van der Waals surface area contributed by atoms with Crippen LogP contribution in [0, 0.1) is 6.92 Å². The second-order valence-corrected chi connectivity index (χ2v) is 6.46. The van der Waals surface area contributed by atoms with Crippen LogP contribution in [-0.2, 0) is 14.8 Å². The number of methoxy groups -OCH3 is 1. The number of rotatable bonds is 4. The molecule has 2 rings (SSSR count). The van der Waals surface area contributed by atoms with Crippen LogP contribution in [0.5, 0.6) is 0 Å². The van der Waals surface area contributed by atoms with Crippen LogP contribution in [0.2, 0.25) is 0 Å². The highest BCUT2D eigenvalue weighted by Gasteiger charge is 2.20. The number of nitrogens with one attached hydrogen (secondary N) is 1. The van der Waals surface area contributed by atoms with Gasteiger partial charge >= 0.3 is 5.97 Å². The van der Waals surface area contributed by atoms with Crippen LogP contribution in [0.1, 0.15) is 15.9 Å². The van der Waals surface area contributed by atoms with Crippen LogP contribution < -0.4 is 4.72 Å². The quantitative estimate of drug-likeness (QED) is 0.873. The molecule has 6 nitrogen and oxygen atoms in total. The number of carbonyl (C=O) groups excluding carboxylic acids is 1. The van der Waals surface area contributed by atoms with E-state index in [2.05, 4.69) is 14.4 Å². The monoisotopic (exact) mass is 312 g/mol. The Morgan fingerprint density at radius 2 is 2.15 bits per heavy atom. The molecule has 2 aromatic rings. The molecule has 0 unspecified atom stereocenters. The molecule has 0 saturated heterocycles. The number of thiazole rings is 1. The molecule has 0 aliphatic carbocycles. The van der Waals surface area contributed by atoms with Gasteiger partial charge in [-0.05, 0) is 24.6 Å². The van der Waals surface area contributed by atoms with Crippen molar-refractivity contribution in [2.24, 2.45) is 0 Å². The van der Waals surface area contributed by atoms with E-state index in [1.807, 2.05) is 0 Å².